The average molecular weight is 509 g/mol. The van der Waals surface area contributed by atoms with Gasteiger partial charge in [-0.3, -0.25) is 4.79 Å². The largest absolute Gasteiger partial charge is 0.354 e. The number of amides is 1. The van der Waals surface area contributed by atoms with E-state index in [1.165, 1.54) is 5.56 Å². The van der Waals surface area contributed by atoms with E-state index < -0.39 is 0 Å². The van der Waals surface area contributed by atoms with Crippen molar-refractivity contribution < 1.29 is 4.79 Å². The summed E-state index contributed by atoms with van der Waals surface area (Å²) in [7, 11) is 0. The Morgan fingerprint density at radius 2 is 1.74 bits per heavy atom. The van der Waals surface area contributed by atoms with Gasteiger partial charge in [0.2, 0.25) is 5.91 Å². The van der Waals surface area contributed by atoms with Gasteiger partial charge in [0.05, 0.1) is 17.3 Å². The van der Waals surface area contributed by atoms with Gasteiger partial charge in [-0.15, -0.1) is 0 Å². The predicted molar refractivity (Wildman–Crippen MR) is 151 cm³/mol. The van der Waals surface area contributed by atoms with Crippen LogP contribution in [0, 0.1) is 5.92 Å². The number of carbonyl (C=O) groups is 1. The highest BCUT2D eigenvalue weighted by Gasteiger charge is 2.45. The topological polar surface area (TPSA) is 67.2 Å². The summed E-state index contributed by atoms with van der Waals surface area (Å²) in [5.41, 5.74) is 3.13. The Morgan fingerprint density at radius 1 is 0.974 bits per heavy atom. The predicted octanol–water partition coefficient (Wildman–Crippen LogP) is 5.56. The van der Waals surface area contributed by atoms with Gasteiger partial charge in [0, 0.05) is 38.0 Å². The fraction of sp³-hybridized carbons (Fsp3) is 0.419. The van der Waals surface area contributed by atoms with Crippen LogP contribution in [0.5, 0.6) is 0 Å². The number of nitrogens with zero attached hydrogens (tertiary/aromatic N) is 6. The molecule has 3 atom stereocenters. The number of fused-ring (bicyclic) bond motifs is 1. The molecule has 3 heterocycles. The van der Waals surface area contributed by atoms with E-state index in [-0.39, 0.29) is 11.8 Å². The van der Waals surface area contributed by atoms with E-state index in [0.717, 1.165) is 80.2 Å². The molecule has 7 nitrogen and oxygen atoms in total. The van der Waals surface area contributed by atoms with Gasteiger partial charge in [-0.2, -0.15) is 5.10 Å². The van der Waals surface area contributed by atoms with Crippen molar-refractivity contribution in [2.24, 2.45) is 5.92 Å². The Morgan fingerprint density at radius 3 is 2.50 bits per heavy atom. The standard InChI is InChI=1S/C31H36N6O/c1-3-11-22(2)28-33-29(27-21-32-37(30(27)34-28)24-14-8-5-9-15-24)35-16-10-17-36(19-18-35)31(38)26-20-25(26)23-12-6-4-7-13-23/h4-9,12-15,21-22,25-26H,3,10-11,16-20H2,1-2H3/t22?,25-,26?/m0/s1. The Bertz CT molecular complexity index is 1400. The molecule has 0 bridgehead atoms. The van der Waals surface area contributed by atoms with E-state index in [2.05, 4.69) is 60.0 Å². The Hall–Kier alpha value is -3.74. The molecule has 0 spiro atoms. The summed E-state index contributed by atoms with van der Waals surface area (Å²) >= 11 is 0. The Kier molecular flexibility index (Phi) is 6.83. The highest BCUT2D eigenvalue weighted by Crippen LogP contribution is 2.48. The van der Waals surface area contributed by atoms with Gasteiger partial charge in [0.15, 0.2) is 5.65 Å². The van der Waals surface area contributed by atoms with Crippen LogP contribution in [0.2, 0.25) is 0 Å². The van der Waals surface area contributed by atoms with Gasteiger partial charge >= 0.3 is 0 Å². The smallest absolute Gasteiger partial charge is 0.226 e. The highest BCUT2D eigenvalue weighted by molar-refractivity contribution is 5.88. The van der Waals surface area contributed by atoms with Crippen LogP contribution in [-0.2, 0) is 4.79 Å². The summed E-state index contributed by atoms with van der Waals surface area (Å²) in [6.07, 6.45) is 5.91. The molecule has 2 fully saturated rings. The van der Waals surface area contributed by atoms with E-state index in [4.69, 9.17) is 15.1 Å². The van der Waals surface area contributed by atoms with Crippen LogP contribution in [0.3, 0.4) is 0 Å². The van der Waals surface area contributed by atoms with Gasteiger partial charge in [0.25, 0.3) is 0 Å². The van der Waals surface area contributed by atoms with Crippen molar-refractivity contribution in [1.82, 2.24) is 24.6 Å². The van der Waals surface area contributed by atoms with E-state index >= 15 is 0 Å². The number of hydrogen-bond donors (Lipinski definition) is 0. The number of benzene rings is 2. The minimum Gasteiger partial charge on any atom is -0.354 e. The molecule has 1 amide bonds. The van der Waals surface area contributed by atoms with Gasteiger partial charge < -0.3 is 9.80 Å². The quantitative estimate of drug-likeness (QED) is 0.327. The first kappa shape index (κ1) is 24.6. The third kappa shape index (κ3) is 4.77. The van der Waals surface area contributed by atoms with Crippen LogP contribution >= 0.6 is 0 Å². The fourth-order valence-corrected chi connectivity index (χ4v) is 5.81. The molecule has 38 heavy (non-hydrogen) atoms. The van der Waals surface area contributed by atoms with Crippen LogP contribution in [0.25, 0.3) is 16.7 Å². The van der Waals surface area contributed by atoms with Gasteiger partial charge in [-0.25, -0.2) is 14.6 Å². The zero-order valence-corrected chi connectivity index (χ0v) is 22.3. The zero-order valence-electron chi connectivity index (χ0n) is 22.3. The maximum atomic E-state index is 13.4. The molecular weight excluding hydrogens is 472 g/mol. The molecule has 6 rings (SSSR count). The lowest BCUT2D eigenvalue weighted by atomic mass is 10.1. The molecule has 1 saturated heterocycles. The first-order chi connectivity index (χ1) is 18.6. The lowest BCUT2D eigenvalue weighted by Gasteiger charge is -2.24. The zero-order chi connectivity index (χ0) is 26.1. The molecule has 2 aromatic heterocycles. The summed E-state index contributed by atoms with van der Waals surface area (Å²) in [6.45, 7) is 7.55. The molecule has 2 unspecified atom stereocenters. The van der Waals surface area contributed by atoms with Gasteiger partial charge in [0.1, 0.15) is 11.6 Å². The maximum Gasteiger partial charge on any atom is 0.226 e. The molecule has 1 aliphatic heterocycles. The van der Waals surface area contributed by atoms with E-state index in [1.807, 2.05) is 35.1 Å². The number of anilines is 1. The van der Waals surface area contributed by atoms with Gasteiger partial charge in [-0.05, 0) is 42.9 Å². The lowest BCUT2D eigenvalue weighted by molar-refractivity contribution is -0.132. The van der Waals surface area contributed by atoms with Gasteiger partial charge in [-0.1, -0.05) is 68.8 Å². The number of aromatic nitrogens is 4. The highest BCUT2D eigenvalue weighted by atomic mass is 16.2. The molecule has 0 radical (unpaired) electrons. The van der Waals surface area contributed by atoms with Crippen LogP contribution in [0.15, 0.2) is 66.9 Å². The van der Waals surface area contributed by atoms with Crippen molar-refractivity contribution in [3.05, 3.63) is 78.2 Å². The molecule has 2 aromatic carbocycles. The monoisotopic (exact) mass is 508 g/mol. The molecule has 2 aliphatic rings. The average Bonchev–Trinajstić information content (AvgIpc) is 3.70. The van der Waals surface area contributed by atoms with Crippen LogP contribution in [0.1, 0.15) is 62.8 Å². The van der Waals surface area contributed by atoms with E-state index in [9.17, 15) is 4.79 Å². The first-order valence-corrected chi connectivity index (χ1v) is 14.0. The molecule has 0 N–H and O–H groups in total. The SMILES string of the molecule is CCCC(C)c1nc(N2CCCN(C(=O)C3C[C@H]3c3ccccc3)CC2)c2cnn(-c3ccccc3)c2n1. The molecule has 1 aliphatic carbocycles. The van der Waals surface area contributed by atoms with E-state index in [0.29, 0.717) is 11.8 Å². The molecule has 196 valence electrons. The van der Waals surface area contributed by atoms with Crippen LogP contribution < -0.4 is 4.90 Å². The lowest BCUT2D eigenvalue weighted by Crippen LogP contribution is -2.36. The second-order valence-corrected chi connectivity index (χ2v) is 10.7. The second kappa shape index (κ2) is 10.6. The normalized spacial score (nSPS) is 20.4. The summed E-state index contributed by atoms with van der Waals surface area (Å²) in [5.74, 6) is 2.88. The minimum absolute atomic E-state index is 0.125. The number of para-hydroxylation sites is 1. The van der Waals surface area contributed by atoms with Crippen molar-refractivity contribution in [2.45, 2.75) is 51.4 Å². The van der Waals surface area contributed by atoms with Crippen LogP contribution in [0.4, 0.5) is 5.82 Å². The molecule has 1 saturated carbocycles. The van der Waals surface area contributed by atoms with Crippen LogP contribution in [-0.4, -0.2) is 56.7 Å². The van der Waals surface area contributed by atoms with Crippen molar-refractivity contribution >= 4 is 22.8 Å². The van der Waals surface area contributed by atoms with Crippen molar-refractivity contribution in [2.75, 3.05) is 31.1 Å². The van der Waals surface area contributed by atoms with Crippen molar-refractivity contribution in [1.29, 1.82) is 0 Å². The number of hydrogen-bond acceptors (Lipinski definition) is 5. The Balaban J connectivity index is 1.26. The first-order valence-electron chi connectivity index (χ1n) is 14.0. The molecule has 7 heteroatoms. The third-order valence-corrected chi connectivity index (χ3v) is 8.03. The van der Waals surface area contributed by atoms with E-state index in [1.54, 1.807) is 0 Å². The number of carbonyl (C=O) groups excluding carboxylic acids is 1. The third-order valence-electron chi connectivity index (χ3n) is 8.03. The maximum absolute atomic E-state index is 13.4. The minimum atomic E-state index is 0.125. The van der Waals surface area contributed by atoms with Crippen molar-refractivity contribution in [3.63, 3.8) is 0 Å². The number of rotatable bonds is 7. The molecule has 4 aromatic rings. The van der Waals surface area contributed by atoms with Crippen molar-refractivity contribution in [3.8, 4) is 5.69 Å². The summed E-state index contributed by atoms with van der Waals surface area (Å²) in [5, 5.41) is 5.69. The summed E-state index contributed by atoms with van der Waals surface area (Å²) in [6, 6.07) is 20.6. The summed E-state index contributed by atoms with van der Waals surface area (Å²) in [4.78, 5) is 28.0. The Labute approximate surface area is 224 Å². The fourth-order valence-electron chi connectivity index (χ4n) is 5.81. The summed E-state index contributed by atoms with van der Waals surface area (Å²) < 4.78 is 1.92. The molecular formula is C31H36N6O. The second-order valence-electron chi connectivity index (χ2n) is 10.7.